The van der Waals surface area contributed by atoms with Crippen molar-refractivity contribution in [2.75, 3.05) is 13.6 Å². The molecular weight excluding hydrogens is 138 g/mol. The first-order valence-electron chi connectivity index (χ1n) is 4.10. The van der Waals surface area contributed by atoms with Crippen molar-refractivity contribution in [2.45, 2.75) is 19.4 Å². The summed E-state index contributed by atoms with van der Waals surface area (Å²) < 4.78 is 0. The van der Waals surface area contributed by atoms with Crippen LogP contribution in [0.15, 0.2) is 11.6 Å². The van der Waals surface area contributed by atoms with E-state index < -0.39 is 0 Å². The molecule has 0 amide bonds. The molecule has 0 radical (unpaired) electrons. The molecule has 1 heterocycles. The lowest BCUT2D eigenvalue weighted by molar-refractivity contribution is -0.123. The van der Waals surface area contributed by atoms with E-state index in [1.54, 1.807) is 6.92 Å². The molecule has 1 aliphatic heterocycles. The van der Waals surface area contributed by atoms with E-state index >= 15 is 0 Å². The van der Waals surface area contributed by atoms with Crippen LogP contribution in [0.1, 0.15) is 13.3 Å². The first-order valence-corrected chi connectivity index (χ1v) is 4.10. The quantitative estimate of drug-likeness (QED) is 0.517. The minimum absolute atomic E-state index is 0.300. The predicted molar refractivity (Wildman–Crippen MR) is 43.3 cm³/mol. The number of ketones is 1. The molecule has 1 saturated carbocycles. The summed E-state index contributed by atoms with van der Waals surface area (Å²) >= 11 is 0. The highest BCUT2D eigenvalue weighted by atomic mass is 16.1. The second-order valence-corrected chi connectivity index (χ2v) is 3.58. The number of fused-ring (bicyclic) bond motifs is 1. The van der Waals surface area contributed by atoms with Crippen molar-refractivity contribution in [3.63, 3.8) is 0 Å². The van der Waals surface area contributed by atoms with E-state index in [1.165, 1.54) is 5.57 Å². The van der Waals surface area contributed by atoms with E-state index in [-0.39, 0.29) is 0 Å². The van der Waals surface area contributed by atoms with Crippen LogP contribution in [0.2, 0.25) is 0 Å². The van der Waals surface area contributed by atoms with E-state index in [0.717, 1.165) is 13.0 Å². The number of carbonyl (C=O) groups excluding carboxylic acids is 1. The van der Waals surface area contributed by atoms with Crippen LogP contribution in [0.3, 0.4) is 0 Å². The molecule has 0 spiro atoms. The summed E-state index contributed by atoms with van der Waals surface area (Å²) in [5, 5.41) is 0. The predicted octanol–water partition coefficient (Wildman–Crippen LogP) is 0.836. The number of hydrogen-bond acceptors (Lipinski definition) is 2. The standard InChI is InChI=1S/C9H13NO/c1-6(11)8-5-7-3-4-10(2)9(7)8/h3,8-9H,4-5H2,1-2H3. The molecule has 11 heavy (non-hydrogen) atoms. The second kappa shape index (κ2) is 2.18. The molecular formula is C9H13NO. The highest BCUT2D eigenvalue weighted by molar-refractivity contribution is 5.82. The lowest BCUT2D eigenvalue weighted by Gasteiger charge is -2.39. The summed E-state index contributed by atoms with van der Waals surface area (Å²) in [5.74, 6) is 0.648. The molecule has 2 atom stereocenters. The van der Waals surface area contributed by atoms with Gasteiger partial charge in [0.25, 0.3) is 0 Å². The Balaban J connectivity index is 2.12. The Morgan fingerprint density at radius 3 is 3.00 bits per heavy atom. The zero-order valence-electron chi connectivity index (χ0n) is 7.00. The zero-order chi connectivity index (χ0) is 8.01. The fourth-order valence-corrected chi connectivity index (χ4v) is 2.12. The van der Waals surface area contributed by atoms with Gasteiger partial charge < -0.3 is 0 Å². The minimum Gasteiger partial charge on any atom is -0.300 e. The van der Waals surface area contributed by atoms with E-state index in [1.807, 2.05) is 0 Å². The first kappa shape index (κ1) is 7.04. The molecule has 2 nitrogen and oxygen atoms in total. The molecule has 2 unspecified atom stereocenters. The van der Waals surface area contributed by atoms with Crippen LogP contribution in [-0.4, -0.2) is 30.3 Å². The van der Waals surface area contributed by atoms with Crippen LogP contribution in [0, 0.1) is 5.92 Å². The Hall–Kier alpha value is -0.630. The molecule has 1 fully saturated rings. The molecule has 0 N–H and O–H groups in total. The van der Waals surface area contributed by atoms with E-state index in [9.17, 15) is 4.79 Å². The monoisotopic (exact) mass is 151 g/mol. The summed E-state index contributed by atoms with van der Waals surface area (Å²) in [6, 6.07) is 0.465. The van der Waals surface area contributed by atoms with Crippen LogP contribution in [0.5, 0.6) is 0 Å². The molecule has 1 aliphatic carbocycles. The third kappa shape index (κ3) is 0.857. The highest BCUT2D eigenvalue weighted by Crippen LogP contribution is 2.40. The lowest BCUT2D eigenvalue weighted by Crippen LogP contribution is -2.46. The molecule has 0 aromatic heterocycles. The summed E-state index contributed by atoms with van der Waals surface area (Å²) in [4.78, 5) is 13.3. The Kier molecular flexibility index (Phi) is 1.39. The Morgan fingerprint density at radius 2 is 2.45 bits per heavy atom. The third-order valence-electron chi connectivity index (χ3n) is 2.86. The van der Waals surface area contributed by atoms with Gasteiger partial charge in [0.1, 0.15) is 5.78 Å². The zero-order valence-corrected chi connectivity index (χ0v) is 7.00. The SMILES string of the molecule is CC(=O)C1CC2=CCN(C)C21. The molecule has 0 saturated heterocycles. The highest BCUT2D eigenvalue weighted by Gasteiger charge is 2.43. The van der Waals surface area contributed by atoms with Gasteiger partial charge in [-0.3, -0.25) is 9.69 Å². The summed E-state index contributed by atoms with van der Waals surface area (Å²) in [6.07, 6.45) is 3.27. The van der Waals surface area contributed by atoms with Crippen LogP contribution in [-0.2, 0) is 4.79 Å². The van der Waals surface area contributed by atoms with Gasteiger partial charge in [0.15, 0.2) is 0 Å². The molecule has 2 heteroatoms. The Morgan fingerprint density at radius 1 is 1.73 bits per heavy atom. The number of rotatable bonds is 1. The van der Waals surface area contributed by atoms with Crippen molar-refractivity contribution in [1.29, 1.82) is 0 Å². The number of Topliss-reactive ketones (excluding diaryl/α,β-unsaturated/α-hetero) is 1. The van der Waals surface area contributed by atoms with E-state index in [0.29, 0.717) is 17.7 Å². The van der Waals surface area contributed by atoms with Gasteiger partial charge in [-0.05, 0) is 20.4 Å². The van der Waals surface area contributed by atoms with Gasteiger partial charge in [0, 0.05) is 18.5 Å². The number of nitrogens with zero attached hydrogens (tertiary/aromatic N) is 1. The van der Waals surface area contributed by atoms with Crippen LogP contribution >= 0.6 is 0 Å². The van der Waals surface area contributed by atoms with Gasteiger partial charge in [-0.1, -0.05) is 11.6 Å². The maximum Gasteiger partial charge on any atom is 0.135 e. The van der Waals surface area contributed by atoms with Crippen molar-refractivity contribution in [2.24, 2.45) is 5.92 Å². The van der Waals surface area contributed by atoms with Crippen molar-refractivity contribution in [1.82, 2.24) is 4.90 Å². The first-order chi connectivity index (χ1) is 5.20. The summed E-state index contributed by atoms with van der Waals surface area (Å²) in [7, 11) is 2.09. The topological polar surface area (TPSA) is 20.3 Å². The number of likely N-dealkylation sites (N-methyl/N-ethyl adjacent to an activating group) is 1. The van der Waals surface area contributed by atoms with Gasteiger partial charge in [-0.25, -0.2) is 0 Å². The fraction of sp³-hybridized carbons (Fsp3) is 0.667. The minimum atomic E-state index is 0.300. The maximum atomic E-state index is 11.1. The molecule has 2 rings (SSSR count). The maximum absolute atomic E-state index is 11.1. The third-order valence-corrected chi connectivity index (χ3v) is 2.86. The molecule has 0 aromatic carbocycles. The van der Waals surface area contributed by atoms with Crippen molar-refractivity contribution >= 4 is 5.78 Å². The van der Waals surface area contributed by atoms with Crippen molar-refractivity contribution in [3.8, 4) is 0 Å². The summed E-state index contributed by atoms with van der Waals surface area (Å²) in [6.45, 7) is 2.73. The van der Waals surface area contributed by atoms with Crippen LogP contribution in [0.4, 0.5) is 0 Å². The number of hydrogen-bond donors (Lipinski definition) is 0. The Bertz CT molecular complexity index is 232. The van der Waals surface area contributed by atoms with Crippen LogP contribution < -0.4 is 0 Å². The Labute approximate surface area is 66.9 Å². The van der Waals surface area contributed by atoms with E-state index in [4.69, 9.17) is 0 Å². The van der Waals surface area contributed by atoms with Gasteiger partial charge in [0.2, 0.25) is 0 Å². The van der Waals surface area contributed by atoms with Crippen LogP contribution in [0.25, 0.3) is 0 Å². The van der Waals surface area contributed by atoms with E-state index in [2.05, 4.69) is 18.0 Å². The second-order valence-electron chi connectivity index (χ2n) is 3.58. The van der Waals surface area contributed by atoms with Gasteiger partial charge in [-0.15, -0.1) is 0 Å². The smallest absolute Gasteiger partial charge is 0.135 e. The lowest BCUT2D eigenvalue weighted by atomic mass is 9.73. The number of carbonyl (C=O) groups is 1. The molecule has 2 aliphatic rings. The molecule has 60 valence electrons. The summed E-state index contributed by atoms with van der Waals surface area (Å²) in [5.41, 5.74) is 1.48. The molecule has 0 aromatic rings. The fourth-order valence-electron chi connectivity index (χ4n) is 2.12. The normalized spacial score (nSPS) is 36.0. The van der Waals surface area contributed by atoms with Crippen molar-refractivity contribution in [3.05, 3.63) is 11.6 Å². The van der Waals surface area contributed by atoms with Gasteiger partial charge >= 0.3 is 0 Å². The largest absolute Gasteiger partial charge is 0.300 e. The molecule has 0 bridgehead atoms. The van der Waals surface area contributed by atoms with Gasteiger partial charge in [-0.2, -0.15) is 0 Å². The van der Waals surface area contributed by atoms with Crippen molar-refractivity contribution < 1.29 is 4.79 Å². The average molecular weight is 151 g/mol. The average Bonchev–Trinajstić information content (AvgIpc) is 2.06. The van der Waals surface area contributed by atoms with Gasteiger partial charge in [0.05, 0.1) is 0 Å².